The Bertz CT molecular complexity index is 492. The van der Waals surface area contributed by atoms with Crippen molar-refractivity contribution >= 4 is 29.2 Å². The van der Waals surface area contributed by atoms with E-state index in [9.17, 15) is 9.90 Å². The highest BCUT2D eigenvalue weighted by molar-refractivity contribution is 6.35. The molecule has 0 aliphatic heterocycles. The summed E-state index contributed by atoms with van der Waals surface area (Å²) in [6.07, 6.45) is 2.36. The normalized spacial score (nSPS) is 14.1. The summed E-state index contributed by atoms with van der Waals surface area (Å²) in [5, 5.41) is 14.0. The van der Waals surface area contributed by atoms with Crippen LogP contribution in [0.15, 0.2) is 18.2 Å². The first-order valence-electron chi connectivity index (χ1n) is 7.73. The minimum absolute atomic E-state index is 0.202. The van der Waals surface area contributed by atoms with Gasteiger partial charge in [-0.05, 0) is 42.9 Å². The Kier molecular flexibility index (Phi) is 8.23. The van der Waals surface area contributed by atoms with Gasteiger partial charge in [0.2, 0.25) is 0 Å². The molecule has 0 aliphatic carbocycles. The molecule has 0 saturated carbocycles. The van der Waals surface area contributed by atoms with Gasteiger partial charge in [-0.25, -0.2) is 0 Å². The highest BCUT2D eigenvalue weighted by Gasteiger charge is 2.20. The fourth-order valence-electron chi connectivity index (χ4n) is 2.46. The van der Waals surface area contributed by atoms with E-state index in [1.807, 2.05) is 26.0 Å². The largest absolute Gasteiger partial charge is 0.481 e. The van der Waals surface area contributed by atoms with Crippen molar-refractivity contribution in [3.63, 3.8) is 0 Å². The molecule has 2 atom stereocenters. The highest BCUT2D eigenvalue weighted by atomic mass is 35.5. The Hall–Kier alpha value is -0.770. The number of carbonyl (C=O) groups is 1. The van der Waals surface area contributed by atoms with Crippen molar-refractivity contribution in [1.82, 2.24) is 5.32 Å². The van der Waals surface area contributed by atoms with Crippen LogP contribution < -0.4 is 5.32 Å². The van der Waals surface area contributed by atoms with E-state index in [0.717, 1.165) is 18.4 Å². The maximum atomic E-state index is 11.3. The highest BCUT2D eigenvalue weighted by Crippen LogP contribution is 2.22. The lowest BCUT2D eigenvalue weighted by atomic mass is 9.96. The second kappa shape index (κ2) is 9.39. The van der Waals surface area contributed by atoms with Gasteiger partial charge in [-0.1, -0.05) is 50.0 Å². The number of rotatable bonds is 9. The summed E-state index contributed by atoms with van der Waals surface area (Å²) >= 11 is 12.1. The third-order valence-corrected chi connectivity index (χ3v) is 4.32. The smallest absolute Gasteiger partial charge is 0.307 e. The zero-order chi connectivity index (χ0) is 16.7. The fraction of sp³-hybridized carbons (Fsp3) is 0.588. The Morgan fingerprint density at radius 3 is 2.50 bits per heavy atom. The lowest BCUT2D eigenvalue weighted by molar-refractivity contribution is -0.142. The SMILES string of the molecule is CCC(Cc1ccc(Cl)cc1Cl)NCC(CC(C)C)C(=O)O. The van der Waals surface area contributed by atoms with Crippen LogP contribution in [0.3, 0.4) is 0 Å². The number of aliphatic carboxylic acids is 1. The van der Waals surface area contributed by atoms with E-state index in [1.165, 1.54) is 0 Å². The molecule has 0 radical (unpaired) electrons. The molecular weight excluding hydrogens is 321 g/mol. The summed E-state index contributed by atoms with van der Waals surface area (Å²) in [6.45, 7) is 6.65. The molecule has 2 unspecified atom stereocenters. The first kappa shape index (κ1) is 19.3. The van der Waals surface area contributed by atoms with Crippen LogP contribution in [0.5, 0.6) is 0 Å². The second-order valence-electron chi connectivity index (χ2n) is 6.12. The first-order valence-corrected chi connectivity index (χ1v) is 8.49. The third-order valence-electron chi connectivity index (χ3n) is 3.73. The molecule has 5 heteroatoms. The minimum Gasteiger partial charge on any atom is -0.481 e. The van der Waals surface area contributed by atoms with Gasteiger partial charge in [-0.15, -0.1) is 0 Å². The summed E-state index contributed by atoms with van der Waals surface area (Å²) in [5.74, 6) is -0.719. The maximum absolute atomic E-state index is 11.3. The Labute approximate surface area is 143 Å². The average molecular weight is 346 g/mol. The number of halogens is 2. The molecule has 0 aromatic heterocycles. The van der Waals surface area contributed by atoms with Crippen molar-refractivity contribution in [3.8, 4) is 0 Å². The molecule has 0 bridgehead atoms. The van der Waals surface area contributed by atoms with E-state index in [1.54, 1.807) is 6.07 Å². The van der Waals surface area contributed by atoms with Gasteiger partial charge in [0, 0.05) is 22.6 Å². The zero-order valence-electron chi connectivity index (χ0n) is 13.4. The molecule has 1 aromatic carbocycles. The Morgan fingerprint density at radius 2 is 2.00 bits per heavy atom. The zero-order valence-corrected chi connectivity index (χ0v) is 14.9. The van der Waals surface area contributed by atoms with Crippen LogP contribution in [-0.4, -0.2) is 23.7 Å². The molecular formula is C17H25Cl2NO2. The summed E-state index contributed by atoms with van der Waals surface area (Å²) in [7, 11) is 0. The van der Waals surface area contributed by atoms with Crippen LogP contribution in [-0.2, 0) is 11.2 Å². The van der Waals surface area contributed by atoms with Gasteiger partial charge in [-0.2, -0.15) is 0 Å². The van der Waals surface area contributed by atoms with Crippen LogP contribution in [0.1, 0.15) is 39.2 Å². The molecule has 1 rings (SSSR count). The minimum atomic E-state index is -0.736. The van der Waals surface area contributed by atoms with Crippen LogP contribution in [0, 0.1) is 11.8 Å². The summed E-state index contributed by atoms with van der Waals surface area (Å²) in [5.41, 5.74) is 1.03. The van der Waals surface area contributed by atoms with Crippen LogP contribution in [0.25, 0.3) is 0 Å². The van der Waals surface area contributed by atoms with Gasteiger partial charge in [-0.3, -0.25) is 4.79 Å². The number of carboxylic acids is 1. The number of benzene rings is 1. The summed E-state index contributed by atoms with van der Waals surface area (Å²) in [4.78, 5) is 11.3. The molecule has 0 aliphatic rings. The van der Waals surface area contributed by atoms with Crippen molar-refractivity contribution in [3.05, 3.63) is 33.8 Å². The van der Waals surface area contributed by atoms with Gasteiger partial charge < -0.3 is 10.4 Å². The monoisotopic (exact) mass is 345 g/mol. The first-order chi connectivity index (χ1) is 10.3. The van der Waals surface area contributed by atoms with E-state index < -0.39 is 5.97 Å². The topological polar surface area (TPSA) is 49.3 Å². The molecule has 1 aromatic rings. The van der Waals surface area contributed by atoms with Crippen molar-refractivity contribution in [2.24, 2.45) is 11.8 Å². The van der Waals surface area contributed by atoms with Crippen LogP contribution in [0.4, 0.5) is 0 Å². The summed E-state index contributed by atoms with van der Waals surface area (Å²) in [6, 6.07) is 5.70. The van der Waals surface area contributed by atoms with Gasteiger partial charge in [0.25, 0.3) is 0 Å². The van der Waals surface area contributed by atoms with Gasteiger partial charge in [0.05, 0.1) is 5.92 Å². The maximum Gasteiger partial charge on any atom is 0.307 e. The molecule has 0 spiro atoms. The van der Waals surface area contributed by atoms with Gasteiger partial charge in [0.15, 0.2) is 0 Å². The van der Waals surface area contributed by atoms with Crippen molar-refractivity contribution in [2.45, 2.75) is 46.1 Å². The summed E-state index contributed by atoms with van der Waals surface area (Å²) < 4.78 is 0. The molecule has 0 fully saturated rings. The van der Waals surface area contributed by atoms with E-state index in [0.29, 0.717) is 28.9 Å². The van der Waals surface area contributed by atoms with E-state index >= 15 is 0 Å². The molecule has 22 heavy (non-hydrogen) atoms. The Morgan fingerprint density at radius 1 is 1.32 bits per heavy atom. The van der Waals surface area contributed by atoms with Crippen molar-refractivity contribution in [1.29, 1.82) is 0 Å². The molecule has 0 amide bonds. The van der Waals surface area contributed by atoms with E-state index in [4.69, 9.17) is 23.2 Å². The predicted octanol–water partition coefficient (Wildman–Crippen LogP) is 4.65. The van der Waals surface area contributed by atoms with Crippen LogP contribution in [0.2, 0.25) is 10.0 Å². The average Bonchev–Trinajstić information content (AvgIpc) is 2.43. The van der Waals surface area contributed by atoms with E-state index in [2.05, 4.69) is 12.2 Å². The number of hydrogen-bond donors (Lipinski definition) is 2. The van der Waals surface area contributed by atoms with Crippen molar-refractivity contribution in [2.75, 3.05) is 6.54 Å². The molecule has 0 heterocycles. The molecule has 0 saturated heterocycles. The quantitative estimate of drug-likeness (QED) is 0.684. The number of nitrogens with one attached hydrogen (secondary N) is 1. The second-order valence-corrected chi connectivity index (χ2v) is 6.96. The number of carboxylic acid groups (broad SMARTS) is 1. The molecule has 124 valence electrons. The van der Waals surface area contributed by atoms with E-state index in [-0.39, 0.29) is 12.0 Å². The Balaban J connectivity index is 2.62. The standard InChI is InChI=1S/C17H25Cl2NO2/c1-4-15(8-12-5-6-14(18)9-16(12)19)20-10-13(17(21)22)7-11(2)3/h5-6,9,11,13,15,20H,4,7-8,10H2,1-3H3,(H,21,22). The number of hydrogen-bond acceptors (Lipinski definition) is 2. The van der Waals surface area contributed by atoms with Gasteiger partial charge >= 0.3 is 5.97 Å². The fourth-order valence-corrected chi connectivity index (χ4v) is 2.95. The molecule has 2 N–H and O–H groups in total. The lowest BCUT2D eigenvalue weighted by Gasteiger charge is -2.21. The predicted molar refractivity (Wildman–Crippen MR) is 92.8 cm³/mol. The van der Waals surface area contributed by atoms with Crippen LogP contribution >= 0.6 is 23.2 Å². The van der Waals surface area contributed by atoms with Crippen molar-refractivity contribution < 1.29 is 9.90 Å². The third kappa shape index (κ3) is 6.55. The van der Waals surface area contributed by atoms with Gasteiger partial charge in [0.1, 0.15) is 0 Å². The molecule has 3 nitrogen and oxygen atoms in total. The lowest BCUT2D eigenvalue weighted by Crippen LogP contribution is -2.37.